The highest BCUT2D eigenvalue weighted by atomic mass is 16.5. The lowest BCUT2D eigenvalue weighted by Crippen LogP contribution is -2.30. The maximum atomic E-state index is 5.64. The number of likely N-dealkylation sites (N-methyl/N-ethyl adjacent to an activating group) is 1. The van der Waals surface area contributed by atoms with Crippen molar-refractivity contribution in [1.29, 1.82) is 0 Å². The molecule has 17 heavy (non-hydrogen) atoms. The second-order valence-electron chi connectivity index (χ2n) is 5.00. The Morgan fingerprint density at radius 2 is 2.24 bits per heavy atom. The van der Waals surface area contributed by atoms with Crippen LogP contribution in [0, 0.1) is 12.8 Å². The third-order valence-corrected chi connectivity index (χ3v) is 3.78. The van der Waals surface area contributed by atoms with Crippen molar-refractivity contribution in [3.05, 3.63) is 35.4 Å². The Kier molecular flexibility index (Phi) is 4.57. The van der Waals surface area contributed by atoms with E-state index >= 15 is 0 Å². The zero-order valence-electron chi connectivity index (χ0n) is 10.9. The second kappa shape index (κ2) is 6.18. The molecule has 0 spiro atoms. The molecule has 1 aliphatic rings. The van der Waals surface area contributed by atoms with Crippen molar-refractivity contribution in [3.8, 4) is 0 Å². The largest absolute Gasteiger partial charge is 0.381 e. The summed E-state index contributed by atoms with van der Waals surface area (Å²) in [5.41, 5.74) is 2.88. The topological polar surface area (TPSA) is 21.3 Å². The summed E-state index contributed by atoms with van der Waals surface area (Å²) in [5, 5.41) is 3.34. The van der Waals surface area contributed by atoms with Crippen molar-refractivity contribution in [2.45, 2.75) is 25.7 Å². The van der Waals surface area contributed by atoms with Gasteiger partial charge < -0.3 is 10.1 Å². The molecule has 0 aromatic heterocycles. The van der Waals surface area contributed by atoms with E-state index in [1.54, 1.807) is 0 Å². The highest BCUT2D eigenvalue weighted by Gasteiger charge is 2.25. The molecule has 1 aromatic rings. The molecule has 1 saturated heterocycles. The molecule has 1 N–H and O–H groups in total. The average Bonchev–Trinajstić information content (AvgIpc) is 2.38. The van der Waals surface area contributed by atoms with Crippen LogP contribution >= 0.6 is 0 Å². The Bertz CT molecular complexity index is 345. The van der Waals surface area contributed by atoms with Crippen LogP contribution in [0.2, 0.25) is 0 Å². The van der Waals surface area contributed by atoms with Gasteiger partial charge in [0.05, 0.1) is 6.61 Å². The first-order valence-electron chi connectivity index (χ1n) is 6.61. The maximum absolute atomic E-state index is 5.64. The van der Waals surface area contributed by atoms with Crippen LogP contribution < -0.4 is 5.32 Å². The zero-order chi connectivity index (χ0) is 12.1. The highest BCUT2D eigenvalue weighted by Crippen LogP contribution is 2.32. The first-order valence-corrected chi connectivity index (χ1v) is 6.61. The van der Waals surface area contributed by atoms with Gasteiger partial charge in [-0.15, -0.1) is 0 Å². The number of hydrogen-bond acceptors (Lipinski definition) is 2. The number of nitrogens with one attached hydrogen (secondary N) is 1. The summed E-state index contributed by atoms with van der Waals surface area (Å²) in [7, 11) is 2.04. The van der Waals surface area contributed by atoms with Crippen LogP contribution in [0.25, 0.3) is 0 Å². The minimum Gasteiger partial charge on any atom is -0.381 e. The van der Waals surface area contributed by atoms with Crippen LogP contribution in [0.15, 0.2) is 24.3 Å². The monoisotopic (exact) mass is 233 g/mol. The van der Waals surface area contributed by atoms with E-state index in [9.17, 15) is 0 Å². The minimum absolute atomic E-state index is 0.585. The summed E-state index contributed by atoms with van der Waals surface area (Å²) in [5.74, 6) is 1.25. The first-order chi connectivity index (χ1) is 8.33. The fourth-order valence-electron chi connectivity index (χ4n) is 2.84. The van der Waals surface area contributed by atoms with Gasteiger partial charge in [0.15, 0.2) is 0 Å². The molecule has 1 aromatic carbocycles. The number of rotatable bonds is 4. The summed E-state index contributed by atoms with van der Waals surface area (Å²) in [6.45, 7) is 5.11. The summed E-state index contributed by atoms with van der Waals surface area (Å²) in [6, 6.07) is 8.74. The number of aryl methyl sites for hydroxylation is 1. The minimum atomic E-state index is 0.585. The van der Waals surface area contributed by atoms with Gasteiger partial charge in [0.2, 0.25) is 0 Å². The molecule has 0 amide bonds. The fraction of sp³-hybridized carbons (Fsp3) is 0.600. The van der Waals surface area contributed by atoms with E-state index in [0.29, 0.717) is 11.8 Å². The molecule has 1 fully saturated rings. The average molecular weight is 233 g/mol. The molecule has 94 valence electrons. The molecular formula is C15H23NO. The maximum Gasteiger partial charge on any atom is 0.0500 e. The van der Waals surface area contributed by atoms with Crippen LogP contribution in [0.4, 0.5) is 0 Å². The summed E-state index contributed by atoms with van der Waals surface area (Å²) >= 11 is 0. The smallest absolute Gasteiger partial charge is 0.0500 e. The van der Waals surface area contributed by atoms with E-state index in [0.717, 1.165) is 19.8 Å². The number of hydrogen-bond donors (Lipinski definition) is 1. The molecule has 0 saturated carbocycles. The SMILES string of the molecule is CNCC(c1ccccc1C)C1CCCOC1. The van der Waals surface area contributed by atoms with Crippen molar-refractivity contribution in [1.82, 2.24) is 5.32 Å². The molecule has 1 heterocycles. The zero-order valence-corrected chi connectivity index (χ0v) is 10.9. The molecule has 2 nitrogen and oxygen atoms in total. The lowest BCUT2D eigenvalue weighted by Gasteiger charge is -2.31. The van der Waals surface area contributed by atoms with Gasteiger partial charge in [-0.3, -0.25) is 0 Å². The summed E-state index contributed by atoms with van der Waals surface area (Å²) in [6.07, 6.45) is 2.50. The van der Waals surface area contributed by atoms with Crippen LogP contribution in [-0.4, -0.2) is 26.8 Å². The normalized spacial score (nSPS) is 22.4. The van der Waals surface area contributed by atoms with Crippen LogP contribution in [-0.2, 0) is 4.74 Å². The molecule has 0 bridgehead atoms. The quantitative estimate of drug-likeness (QED) is 0.863. The van der Waals surface area contributed by atoms with Crippen molar-refractivity contribution in [2.24, 2.45) is 5.92 Å². The van der Waals surface area contributed by atoms with E-state index < -0.39 is 0 Å². The number of ether oxygens (including phenoxy) is 1. The molecule has 1 aliphatic heterocycles. The first kappa shape index (κ1) is 12.6. The molecule has 2 heteroatoms. The third-order valence-electron chi connectivity index (χ3n) is 3.78. The summed E-state index contributed by atoms with van der Waals surface area (Å²) < 4.78 is 5.64. The predicted octanol–water partition coefficient (Wildman–Crippen LogP) is 2.72. The molecule has 2 atom stereocenters. The lowest BCUT2D eigenvalue weighted by atomic mass is 9.81. The van der Waals surface area contributed by atoms with Gasteiger partial charge in [-0.25, -0.2) is 0 Å². The second-order valence-corrected chi connectivity index (χ2v) is 5.00. The van der Waals surface area contributed by atoms with Gasteiger partial charge in [0.25, 0.3) is 0 Å². The molecular weight excluding hydrogens is 210 g/mol. The highest BCUT2D eigenvalue weighted by molar-refractivity contribution is 5.30. The fourth-order valence-corrected chi connectivity index (χ4v) is 2.84. The van der Waals surface area contributed by atoms with Crippen LogP contribution in [0.1, 0.15) is 29.9 Å². The van der Waals surface area contributed by atoms with E-state index in [1.807, 2.05) is 7.05 Å². The van der Waals surface area contributed by atoms with Gasteiger partial charge in [0.1, 0.15) is 0 Å². The number of benzene rings is 1. The molecule has 2 unspecified atom stereocenters. The van der Waals surface area contributed by atoms with Gasteiger partial charge in [-0.2, -0.15) is 0 Å². The lowest BCUT2D eigenvalue weighted by molar-refractivity contribution is 0.0441. The standard InChI is InChI=1S/C15H23NO/c1-12-6-3-4-8-14(12)15(10-16-2)13-7-5-9-17-11-13/h3-4,6,8,13,15-16H,5,7,9-11H2,1-2H3. The Morgan fingerprint density at radius 1 is 1.41 bits per heavy atom. The Labute approximate surface area is 104 Å². The summed E-state index contributed by atoms with van der Waals surface area (Å²) in [4.78, 5) is 0. The third kappa shape index (κ3) is 3.08. The predicted molar refractivity (Wildman–Crippen MR) is 71.4 cm³/mol. The molecule has 0 radical (unpaired) electrons. The van der Waals surface area contributed by atoms with Crippen molar-refractivity contribution >= 4 is 0 Å². The van der Waals surface area contributed by atoms with Crippen molar-refractivity contribution in [3.63, 3.8) is 0 Å². The van der Waals surface area contributed by atoms with Gasteiger partial charge in [-0.1, -0.05) is 24.3 Å². The van der Waals surface area contributed by atoms with Crippen LogP contribution in [0.5, 0.6) is 0 Å². The molecule has 2 rings (SSSR count). The van der Waals surface area contributed by atoms with Gasteiger partial charge >= 0.3 is 0 Å². The van der Waals surface area contributed by atoms with E-state index in [1.165, 1.54) is 24.0 Å². The van der Waals surface area contributed by atoms with Gasteiger partial charge in [-0.05, 0) is 43.9 Å². The Morgan fingerprint density at radius 3 is 2.88 bits per heavy atom. The van der Waals surface area contributed by atoms with E-state index in [2.05, 4.69) is 36.5 Å². The van der Waals surface area contributed by atoms with Crippen molar-refractivity contribution < 1.29 is 4.74 Å². The Hall–Kier alpha value is -0.860. The van der Waals surface area contributed by atoms with E-state index in [4.69, 9.17) is 4.74 Å². The van der Waals surface area contributed by atoms with Crippen LogP contribution in [0.3, 0.4) is 0 Å². The van der Waals surface area contributed by atoms with E-state index in [-0.39, 0.29) is 0 Å². The van der Waals surface area contributed by atoms with Gasteiger partial charge in [0, 0.05) is 19.1 Å². The molecule has 0 aliphatic carbocycles. The Balaban J connectivity index is 2.18. The van der Waals surface area contributed by atoms with Crippen molar-refractivity contribution in [2.75, 3.05) is 26.8 Å².